The van der Waals surface area contributed by atoms with E-state index in [1.807, 2.05) is 26.0 Å². The Balaban J connectivity index is 1.67. The zero-order valence-corrected chi connectivity index (χ0v) is 18.0. The molecule has 1 amide bonds. The molecule has 31 heavy (non-hydrogen) atoms. The largest absolute Gasteiger partial charge is 0.454 e. The predicted octanol–water partition coefficient (Wildman–Crippen LogP) is 3.72. The summed E-state index contributed by atoms with van der Waals surface area (Å²) in [5.74, 6) is -0.251. The molecule has 0 radical (unpaired) electrons. The molecule has 2 aromatic rings. The lowest BCUT2D eigenvalue weighted by Crippen LogP contribution is -2.30. The van der Waals surface area contributed by atoms with Crippen molar-refractivity contribution in [2.24, 2.45) is 0 Å². The summed E-state index contributed by atoms with van der Waals surface area (Å²) < 4.78 is 17.9. The standard InChI is InChI=1S/C23H25N3O5/c1-5-8-26-14(2)9-17(15(26)3)10-18(12-24)23(28)31-16(4)22(27)25-19-6-7-20-21(11-19)30-13-29-20/h6-7,9-11,16H,5,8,13H2,1-4H3,(H,25,27)/b18-10+/t16-/m0/s1. The molecule has 2 heterocycles. The Morgan fingerprint density at radius 3 is 2.74 bits per heavy atom. The quantitative estimate of drug-likeness (QED) is 0.414. The van der Waals surface area contributed by atoms with Crippen LogP contribution in [-0.2, 0) is 20.9 Å². The van der Waals surface area contributed by atoms with Gasteiger partial charge in [0.05, 0.1) is 0 Å². The third-order valence-electron chi connectivity index (χ3n) is 4.99. The number of hydrogen-bond acceptors (Lipinski definition) is 6. The van der Waals surface area contributed by atoms with E-state index >= 15 is 0 Å². The van der Waals surface area contributed by atoms with Gasteiger partial charge in [0.2, 0.25) is 6.79 Å². The Morgan fingerprint density at radius 1 is 1.29 bits per heavy atom. The molecule has 0 aliphatic carbocycles. The highest BCUT2D eigenvalue weighted by Gasteiger charge is 2.22. The molecule has 0 unspecified atom stereocenters. The van der Waals surface area contributed by atoms with Crippen molar-refractivity contribution in [3.05, 3.63) is 46.8 Å². The van der Waals surface area contributed by atoms with E-state index in [2.05, 4.69) is 16.8 Å². The first kappa shape index (κ1) is 22.0. The number of ether oxygens (including phenoxy) is 3. The van der Waals surface area contributed by atoms with Gasteiger partial charge in [-0.3, -0.25) is 4.79 Å². The number of nitrogens with zero attached hydrogens (tertiary/aromatic N) is 2. The molecule has 1 aliphatic heterocycles. The van der Waals surface area contributed by atoms with E-state index in [1.54, 1.807) is 18.2 Å². The van der Waals surface area contributed by atoms with Crippen molar-refractivity contribution in [1.29, 1.82) is 5.26 Å². The summed E-state index contributed by atoms with van der Waals surface area (Å²) in [5, 5.41) is 12.1. The first-order chi connectivity index (χ1) is 14.8. The summed E-state index contributed by atoms with van der Waals surface area (Å²) in [6, 6.07) is 8.76. The SMILES string of the molecule is CCCn1c(C)cc(/C=C(\C#N)C(=O)O[C@@H](C)C(=O)Nc2ccc3c(c2)OCO3)c1C. The lowest BCUT2D eigenvalue weighted by atomic mass is 10.1. The Labute approximate surface area is 181 Å². The molecule has 0 saturated carbocycles. The van der Waals surface area contributed by atoms with Gasteiger partial charge in [-0.2, -0.15) is 5.26 Å². The molecule has 0 saturated heterocycles. The second-order valence-electron chi connectivity index (χ2n) is 7.25. The van der Waals surface area contributed by atoms with Crippen molar-refractivity contribution >= 4 is 23.6 Å². The minimum atomic E-state index is -1.10. The number of esters is 1. The number of nitriles is 1. The van der Waals surface area contributed by atoms with E-state index in [9.17, 15) is 14.9 Å². The highest BCUT2D eigenvalue weighted by molar-refractivity contribution is 6.01. The molecule has 3 rings (SSSR count). The van der Waals surface area contributed by atoms with E-state index in [0.717, 1.165) is 29.9 Å². The van der Waals surface area contributed by atoms with Gasteiger partial charge in [-0.1, -0.05) is 6.92 Å². The van der Waals surface area contributed by atoms with Crippen LogP contribution in [-0.4, -0.2) is 29.3 Å². The molecule has 1 atom stereocenters. The fraction of sp³-hybridized carbons (Fsp3) is 0.348. The summed E-state index contributed by atoms with van der Waals surface area (Å²) in [6.45, 7) is 8.44. The molecular formula is C23H25N3O5. The normalized spacial score (nSPS) is 13.5. The van der Waals surface area contributed by atoms with Crippen LogP contribution in [0, 0.1) is 25.2 Å². The van der Waals surface area contributed by atoms with Crippen LogP contribution in [0.1, 0.15) is 37.2 Å². The number of carbonyl (C=O) groups is 2. The van der Waals surface area contributed by atoms with Crippen molar-refractivity contribution in [3.8, 4) is 17.6 Å². The monoisotopic (exact) mass is 423 g/mol. The van der Waals surface area contributed by atoms with Gasteiger partial charge >= 0.3 is 5.97 Å². The third-order valence-corrected chi connectivity index (χ3v) is 4.99. The molecule has 8 heteroatoms. The van der Waals surface area contributed by atoms with Gasteiger partial charge in [0.25, 0.3) is 5.91 Å². The van der Waals surface area contributed by atoms with Crippen molar-refractivity contribution in [3.63, 3.8) is 0 Å². The molecule has 162 valence electrons. The Morgan fingerprint density at radius 2 is 2.03 bits per heavy atom. The van der Waals surface area contributed by atoms with Crippen LogP contribution < -0.4 is 14.8 Å². The molecule has 1 aliphatic rings. The average molecular weight is 423 g/mol. The highest BCUT2D eigenvalue weighted by atomic mass is 16.7. The lowest BCUT2D eigenvalue weighted by Gasteiger charge is -2.13. The van der Waals surface area contributed by atoms with E-state index in [1.165, 1.54) is 13.0 Å². The number of benzene rings is 1. The number of carbonyl (C=O) groups excluding carboxylic acids is 2. The summed E-state index contributed by atoms with van der Waals surface area (Å²) in [4.78, 5) is 24.9. The molecule has 1 aromatic heterocycles. The Hall–Kier alpha value is -3.73. The van der Waals surface area contributed by atoms with Crippen LogP contribution in [0.4, 0.5) is 5.69 Å². The van der Waals surface area contributed by atoms with Crippen LogP contribution in [0.5, 0.6) is 11.5 Å². The summed E-state index contributed by atoms with van der Waals surface area (Å²) in [5.41, 5.74) is 3.11. The fourth-order valence-electron chi connectivity index (χ4n) is 3.33. The van der Waals surface area contributed by atoms with Gasteiger partial charge in [0.1, 0.15) is 11.6 Å². The van der Waals surface area contributed by atoms with Gasteiger partial charge < -0.3 is 24.1 Å². The second-order valence-corrected chi connectivity index (χ2v) is 7.25. The molecule has 8 nitrogen and oxygen atoms in total. The van der Waals surface area contributed by atoms with Crippen LogP contribution >= 0.6 is 0 Å². The number of nitrogens with one attached hydrogen (secondary N) is 1. The average Bonchev–Trinajstić information content (AvgIpc) is 3.31. The Kier molecular flexibility index (Phi) is 6.65. The number of aromatic nitrogens is 1. The number of amides is 1. The first-order valence-electron chi connectivity index (χ1n) is 10.0. The highest BCUT2D eigenvalue weighted by Crippen LogP contribution is 2.34. The predicted molar refractivity (Wildman–Crippen MR) is 115 cm³/mol. The van der Waals surface area contributed by atoms with Crippen LogP contribution in [0.2, 0.25) is 0 Å². The van der Waals surface area contributed by atoms with Crippen molar-refractivity contribution in [2.45, 2.75) is 46.8 Å². The fourth-order valence-corrected chi connectivity index (χ4v) is 3.33. The van der Waals surface area contributed by atoms with Gasteiger partial charge in [0.15, 0.2) is 17.6 Å². The number of fused-ring (bicyclic) bond motifs is 1. The maximum atomic E-state index is 12.5. The molecule has 0 fully saturated rings. The minimum Gasteiger partial charge on any atom is -0.454 e. The summed E-state index contributed by atoms with van der Waals surface area (Å²) in [6.07, 6.45) is 1.38. The van der Waals surface area contributed by atoms with Gasteiger partial charge in [0, 0.05) is 29.7 Å². The molecule has 0 bridgehead atoms. The number of rotatable bonds is 7. The molecule has 1 N–H and O–H groups in total. The van der Waals surface area contributed by atoms with Crippen molar-refractivity contribution < 1.29 is 23.8 Å². The smallest absolute Gasteiger partial charge is 0.349 e. The van der Waals surface area contributed by atoms with Crippen LogP contribution in [0.25, 0.3) is 6.08 Å². The van der Waals surface area contributed by atoms with Crippen molar-refractivity contribution in [1.82, 2.24) is 4.57 Å². The summed E-state index contributed by atoms with van der Waals surface area (Å²) in [7, 11) is 0. The van der Waals surface area contributed by atoms with E-state index in [-0.39, 0.29) is 12.4 Å². The number of anilines is 1. The molecule has 1 aromatic carbocycles. The van der Waals surface area contributed by atoms with Crippen LogP contribution in [0.3, 0.4) is 0 Å². The van der Waals surface area contributed by atoms with Gasteiger partial charge in [-0.05, 0) is 57.0 Å². The van der Waals surface area contributed by atoms with Gasteiger partial charge in [-0.25, -0.2) is 4.79 Å². The lowest BCUT2D eigenvalue weighted by molar-refractivity contribution is -0.148. The maximum absolute atomic E-state index is 12.5. The first-order valence-corrected chi connectivity index (χ1v) is 10.0. The van der Waals surface area contributed by atoms with Crippen LogP contribution in [0.15, 0.2) is 29.8 Å². The van der Waals surface area contributed by atoms with E-state index in [4.69, 9.17) is 14.2 Å². The topological polar surface area (TPSA) is 103 Å². The van der Waals surface area contributed by atoms with E-state index in [0.29, 0.717) is 17.2 Å². The Bertz CT molecular complexity index is 1080. The zero-order chi connectivity index (χ0) is 22.5. The number of aryl methyl sites for hydroxylation is 1. The van der Waals surface area contributed by atoms with E-state index < -0.39 is 18.0 Å². The molecular weight excluding hydrogens is 398 g/mol. The van der Waals surface area contributed by atoms with Crippen molar-refractivity contribution in [2.75, 3.05) is 12.1 Å². The maximum Gasteiger partial charge on any atom is 0.349 e. The zero-order valence-electron chi connectivity index (χ0n) is 18.0. The number of hydrogen-bond donors (Lipinski definition) is 1. The summed E-state index contributed by atoms with van der Waals surface area (Å²) >= 11 is 0. The minimum absolute atomic E-state index is 0.130. The molecule has 0 spiro atoms. The van der Waals surface area contributed by atoms with Gasteiger partial charge in [-0.15, -0.1) is 0 Å². The second kappa shape index (κ2) is 9.39. The third kappa shape index (κ3) is 4.89.